The minimum atomic E-state index is -4.61. The van der Waals surface area contributed by atoms with Gasteiger partial charge in [0.1, 0.15) is 17.9 Å². The van der Waals surface area contributed by atoms with Crippen LogP contribution in [0.4, 0.5) is 19.0 Å². The summed E-state index contributed by atoms with van der Waals surface area (Å²) in [5.74, 6) is 0.512. The van der Waals surface area contributed by atoms with Crippen LogP contribution in [-0.4, -0.2) is 94.0 Å². The van der Waals surface area contributed by atoms with Gasteiger partial charge in [0.15, 0.2) is 11.9 Å². The molecule has 0 spiro atoms. The Morgan fingerprint density at radius 2 is 1.84 bits per heavy atom. The van der Waals surface area contributed by atoms with Crippen LogP contribution in [0.1, 0.15) is 5.69 Å². The second-order valence-electron chi connectivity index (χ2n) is 7.74. The van der Waals surface area contributed by atoms with E-state index >= 15 is 0 Å². The number of aromatic nitrogens is 3. The number of aliphatic hydroxyl groups is 2. The third-order valence-electron chi connectivity index (χ3n) is 5.57. The maximum Gasteiger partial charge on any atom is 0.433 e. The van der Waals surface area contributed by atoms with E-state index in [2.05, 4.69) is 25.0 Å². The van der Waals surface area contributed by atoms with E-state index in [1.54, 1.807) is 6.20 Å². The van der Waals surface area contributed by atoms with Crippen molar-refractivity contribution in [1.29, 1.82) is 0 Å². The van der Waals surface area contributed by atoms with Crippen LogP contribution in [0, 0.1) is 0 Å². The molecule has 4 atom stereocenters. The fourth-order valence-corrected chi connectivity index (χ4v) is 3.79. The first-order valence-electron chi connectivity index (χ1n) is 10.2. The molecular weight excluding hydrogens is 431 g/mol. The first-order chi connectivity index (χ1) is 15.3. The molecule has 0 radical (unpaired) electrons. The van der Waals surface area contributed by atoms with Crippen molar-refractivity contribution in [2.45, 2.75) is 30.6 Å². The Labute approximate surface area is 182 Å². The van der Waals surface area contributed by atoms with Gasteiger partial charge in [-0.3, -0.25) is 4.90 Å². The zero-order chi connectivity index (χ0) is 22.7. The number of piperazine rings is 1. The predicted octanol–water partition coefficient (Wildman–Crippen LogP) is 0.581. The Morgan fingerprint density at radius 3 is 2.53 bits per heavy atom. The summed E-state index contributed by atoms with van der Waals surface area (Å²) < 4.78 is 49.6. The summed E-state index contributed by atoms with van der Waals surface area (Å²) in [7, 11) is 0. The number of halogens is 3. The number of alkyl halides is 3. The van der Waals surface area contributed by atoms with Crippen LogP contribution in [0.25, 0.3) is 0 Å². The fourth-order valence-electron chi connectivity index (χ4n) is 3.79. The highest BCUT2D eigenvalue weighted by molar-refractivity contribution is 5.36. The number of ether oxygens (including phenoxy) is 2. The summed E-state index contributed by atoms with van der Waals surface area (Å²) in [6.07, 6.45) is -7.26. The Balaban J connectivity index is 1.29. The number of anilines is 1. The van der Waals surface area contributed by atoms with E-state index in [9.17, 15) is 23.4 Å². The van der Waals surface area contributed by atoms with Crippen LogP contribution in [-0.2, 0) is 10.9 Å². The second-order valence-corrected chi connectivity index (χ2v) is 7.74. The fraction of sp³-hybridized carbons (Fsp3) is 0.550. The number of aliphatic hydroxyl groups excluding tert-OH is 2. The minimum absolute atomic E-state index is 0.0829. The zero-order valence-electron chi connectivity index (χ0n) is 17.1. The molecule has 12 heteroatoms. The average Bonchev–Trinajstić information content (AvgIpc) is 2.79. The molecule has 9 nitrogen and oxygen atoms in total. The highest BCUT2D eigenvalue weighted by Gasteiger charge is 2.41. The van der Waals surface area contributed by atoms with Crippen molar-refractivity contribution in [2.75, 3.05) is 44.2 Å². The van der Waals surface area contributed by atoms with Gasteiger partial charge < -0.3 is 24.6 Å². The Bertz CT molecular complexity index is 883. The van der Waals surface area contributed by atoms with Crippen molar-refractivity contribution >= 4 is 5.82 Å². The van der Waals surface area contributed by atoms with Crippen molar-refractivity contribution in [3.05, 3.63) is 42.2 Å². The molecule has 0 aliphatic carbocycles. The highest BCUT2D eigenvalue weighted by atomic mass is 19.4. The normalized spacial score (nSPS) is 27.3. The number of rotatable bonds is 5. The van der Waals surface area contributed by atoms with Crippen molar-refractivity contribution in [1.82, 2.24) is 20.1 Å². The van der Waals surface area contributed by atoms with E-state index in [0.717, 1.165) is 25.0 Å². The summed E-state index contributed by atoms with van der Waals surface area (Å²) in [6, 6.07) is 6.98. The van der Waals surface area contributed by atoms with E-state index in [1.807, 2.05) is 12.1 Å². The summed E-state index contributed by atoms with van der Waals surface area (Å²) in [6.45, 7) is 3.22. The van der Waals surface area contributed by atoms with Crippen molar-refractivity contribution in [3.8, 4) is 5.88 Å². The van der Waals surface area contributed by atoms with Gasteiger partial charge in [-0.15, -0.1) is 5.10 Å². The van der Waals surface area contributed by atoms with E-state index < -0.39 is 36.3 Å². The predicted molar refractivity (Wildman–Crippen MR) is 106 cm³/mol. The Morgan fingerprint density at radius 1 is 1.06 bits per heavy atom. The lowest BCUT2D eigenvalue weighted by atomic mass is 9.99. The lowest BCUT2D eigenvalue weighted by Gasteiger charge is -2.41. The molecule has 4 rings (SSSR count). The minimum Gasteiger partial charge on any atom is -0.469 e. The smallest absolute Gasteiger partial charge is 0.433 e. The number of hydrogen-bond acceptors (Lipinski definition) is 9. The van der Waals surface area contributed by atoms with Gasteiger partial charge in [-0.2, -0.15) is 18.3 Å². The first kappa shape index (κ1) is 22.6. The van der Waals surface area contributed by atoms with Gasteiger partial charge in [-0.25, -0.2) is 4.98 Å². The lowest BCUT2D eigenvalue weighted by Crippen LogP contribution is -2.59. The quantitative estimate of drug-likeness (QED) is 0.670. The number of pyridine rings is 1. The number of nitrogens with zero attached hydrogens (tertiary/aromatic N) is 5. The van der Waals surface area contributed by atoms with Gasteiger partial charge in [-0.05, 0) is 18.2 Å². The molecule has 0 unspecified atom stereocenters. The Kier molecular flexibility index (Phi) is 6.74. The molecule has 4 heterocycles. The maximum atomic E-state index is 12.8. The lowest BCUT2D eigenvalue weighted by molar-refractivity contribution is -0.185. The molecule has 2 aromatic rings. The SMILES string of the molecule is O[C@@H]1[C@H](O)[C@@H](Oc2cccc(C(F)(F)F)n2)CO[C@@H]1CN1CCN(c2cccnn2)CC1. The van der Waals surface area contributed by atoms with Gasteiger partial charge in [0.05, 0.1) is 12.7 Å². The summed E-state index contributed by atoms with van der Waals surface area (Å²) in [4.78, 5) is 7.65. The molecular formula is C20H24F3N5O4. The molecule has 2 N–H and O–H groups in total. The molecule has 0 saturated carbocycles. The van der Waals surface area contributed by atoms with Gasteiger partial charge in [-0.1, -0.05) is 6.07 Å². The molecule has 0 bridgehead atoms. The van der Waals surface area contributed by atoms with Gasteiger partial charge in [0, 0.05) is 45.0 Å². The topological polar surface area (TPSA) is 104 Å². The summed E-state index contributed by atoms with van der Waals surface area (Å²) >= 11 is 0. The molecule has 2 aliphatic rings. The van der Waals surface area contributed by atoms with Crippen LogP contribution in [0.15, 0.2) is 36.5 Å². The van der Waals surface area contributed by atoms with Crippen molar-refractivity contribution in [3.63, 3.8) is 0 Å². The van der Waals surface area contributed by atoms with Gasteiger partial charge >= 0.3 is 6.18 Å². The molecule has 2 fully saturated rings. The van der Waals surface area contributed by atoms with E-state index in [-0.39, 0.29) is 12.5 Å². The van der Waals surface area contributed by atoms with E-state index in [0.29, 0.717) is 19.6 Å². The highest BCUT2D eigenvalue weighted by Crippen LogP contribution is 2.29. The van der Waals surface area contributed by atoms with Gasteiger partial charge in [0.2, 0.25) is 5.88 Å². The van der Waals surface area contributed by atoms with Crippen LogP contribution >= 0.6 is 0 Å². The zero-order valence-corrected chi connectivity index (χ0v) is 17.1. The monoisotopic (exact) mass is 455 g/mol. The maximum absolute atomic E-state index is 12.8. The second kappa shape index (κ2) is 9.53. The molecule has 0 amide bonds. The first-order valence-corrected chi connectivity index (χ1v) is 10.2. The standard InChI is InChI=1S/C20H24F3N5O4/c21-20(22,23)15-3-1-5-17(25-15)32-14-12-31-13(18(29)19(14)30)11-27-7-9-28(10-8-27)16-4-2-6-24-26-16/h1-6,13-14,18-19,29-30H,7-12H2/t13-,14+,18+,19-/m1/s1. The summed E-state index contributed by atoms with van der Waals surface area (Å²) in [5, 5.41) is 29.0. The molecule has 2 aromatic heterocycles. The van der Waals surface area contributed by atoms with Crippen molar-refractivity contribution < 1.29 is 32.9 Å². The van der Waals surface area contributed by atoms with Crippen LogP contribution in [0.2, 0.25) is 0 Å². The third-order valence-corrected chi connectivity index (χ3v) is 5.57. The third kappa shape index (κ3) is 5.26. The summed E-state index contributed by atoms with van der Waals surface area (Å²) in [5.41, 5.74) is -1.10. The van der Waals surface area contributed by atoms with E-state index in [4.69, 9.17) is 9.47 Å². The molecule has 32 heavy (non-hydrogen) atoms. The average molecular weight is 455 g/mol. The van der Waals surface area contributed by atoms with Crippen molar-refractivity contribution in [2.24, 2.45) is 0 Å². The Hall–Kier alpha value is -2.54. The van der Waals surface area contributed by atoms with Crippen LogP contribution in [0.5, 0.6) is 5.88 Å². The molecule has 2 aliphatic heterocycles. The molecule has 0 aromatic carbocycles. The van der Waals surface area contributed by atoms with Gasteiger partial charge in [0.25, 0.3) is 0 Å². The van der Waals surface area contributed by atoms with E-state index in [1.165, 1.54) is 12.1 Å². The van der Waals surface area contributed by atoms with Crippen LogP contribution < -0.4 is 9.64 Å². The molecule has 2 saturated heterocycles. The van der Waals surface area contributed by atoms with Crippen LogP contribution in [0.3, 0.4) is 0 Å². The molecule has 174 valence electrons. The number of hydrogen-bond donors (Lipinski definition) is 2. The largest absolute Gasteiger partial charge is 0.469 e.